The second kappa shape index (κ2) is 7.62. The molecule has 1 N–H and O–H groups in total. The van der Waals surface area contributed by atoms with Crippen LogP contribution in [0.1, 0.15) is 44.5 Å². The maximum absolute atomic E-state index is 12.2. The first-order chi connectivity index (χ1) is 11.3. The van der Waals surface area contributed by atoms with Crippen LogP contribution in [0.2, 0.25) is 0 Å². The summed E-state index contributed by atoms with van der Waals surface area (Å²) < 4.78 is 5.12. The Hall–Kier alpha value is -2.14. The zero-order chi connectivity index (χ0) is 17.7. The van der Waals surface area contributed by atoms with Crippen molar-refractivity contribution in [1.29, 1.82) is 0 Å². The van der Waals surface area contributed by atoms with Crippen molar-refractivity contribution >= 4 is 28.2 Å². The summed E-state index contributed by atoms with van der Waals surface area (Å²) >= 11 is 1.39. The Labute approximate surface area is 146 Å². The number of amides is 1. The summed E-state index contributed by atoms with van der Waals surface area (Å²) in [5.41, 5.74) is 1.29. The predicted molar refractivity (Wildman–Crippen MR) is 98.4 cm³/mol. The normalized spacial score (nSPS) is 11.2. The van der Waals surface area contributed by atoms with Crippen molar-refractivity contribution in [2.75, 3.05) is 11.9 Å². The summed E-state index contributed by atoms with van der Waals surface area (Å²) in [5.74, 6) is -0.517. The van der Waals surface area contributed by atoms with Crippen molar-refractivity contribution < 1.29 is 14.3 Å². The number of hydrogen-bond donors (Lipinski definition) is 1. The molecular weight excluding hydrogens is 322 g/mol. The van der Waals surface area contributed by atoms with E-state index in [-0.39, 0.29) is 11.3 Å². The minimum atomic E-state index is -0.415. The van der Waals surface area contributed by atoms with Crippen molar-refractivity contribution in [3.8, 4) is 10.4 Å². The molecule has 0 atom stereocenters. The van der Waals surface area contributed by atoms with Gasteiger partial charge in [0.05, 0.1) is 12.2 Å². The molecule has 1 heterocycles. The summed E-state index contributed by atoms with van der Waals surface area (Å²) in [4.78, 5) is 25.4. The first-order valence-corrected chi connectivity index (χ1v) is 8.78. The van der Waals surface area contributed by atoms with Crippen LogP contribution in [0.3, 0.4) is 0 Å². The average molecular weight is 345 g/mol. The van der Waals surface area contributed by atoms with Gasteiger partial charge in [0, 0.05) is 11.3 Å². The molecule has 128 valence electrons. The zero-order valence-corrected chi connectivity index (χ0v) is 15.3. The van der Waals surface area contributed by atoms with Crippen molar-refractivity contribution in [2.45, 2.75) is 34.1 Å². The number of ether oxygens (including phenoxy) is 1. The van der Waals surface area contributed by atoms with Crippen molar-refractivity contribution in [3.05, 3.63) is 42.0 Å². The minimum absolute atomic E-state index is 0.102. The molecule has 0 spiro atoms. The van der Waals surface area contributed by atoms with Crippen LogP contribution in [0, 0.1) is 5.41 Å². The van der Waals surface area contributed by atoms with Gasteiger partial charge in [-0.15, -0.1) is 11.3 Å². The van der Waals surface area contributed by atoms with Gasteiger partial charge in [0.15, 0.2) is 0 Å². The van der Waals surface area contributed by atoms with Crippen LogP contribution in [-0.2, 0) is 9.53 Å². The van der Waals surface area contributed by atoms with Crippen LogP contribution in [-0.4, -0.2) is 18.5 Å². The maximum atomic E-state index is 12.2. The van der Waals surface area contributed by atoms with Gasteiger partial charge in [-0.3, -0.25) is 4.79 Å². The number of benzene rings is 1. The van der Waals surface area contributed by atoms with Gasteiger partial charge in [0.2, 0.25) is 5.91 Å². The molecule has 0 radical (unpaired) electrons. The fourth-order valence-corrected chi connectivity index (χ4v) is 3.31. The first-order valence-electron chi connectivity index (χ1n) is 7.96. The van der Waals surface area contributed by atoms with Crippen LogP contribution < -0.4 is 5.32 Å². The van der Waals surface area contributed by atoms with Gasteiger partial charge >= 0.3 is 5.97 Å². The molecule has 0 fully saturated rings. The van der Waals surface area contributed by atoms with Gasteiger partial charge in [0.25, 0.3) is 0 Å². The monoisotopic (exact) mass is 345 g/mol. The summed E-state index contributed by atoms with van der Waals surface area (Å²) in [7, 11) is 0. The molecule has 0 saturated heterocycles. The first kappa shape index (κ1) is 18.2. The van der Waals surface area contributed by atoms with Crippen LogP contribution in [0.25, 0.3) is 10.4 Å². The second-order valence-corrected chi connectivity index (χ2v) is 7.78. The fraction of sp³-hybridized carbons (Fsp3) is 0.368. The summed E-state index contributed by atoms with van der Waals surface area (Å²) in [6, 6.07) is 11.6. The standard InChI is InChI=1S/C19H23NO3S/c1-5-23-18(22)14-11-15(13-9-7-6-8-10-13)24-17(14)20-16(21)12-19(2,3)4/h6-11H,5,12H2,1-4H3,(H,20,21). The highest BCUT2D eigenvalue weighted by atomic mass is 32.1. The molecule has 0 bridgehead atoms. The number of carbonyl (C=O) groups is 2. The summed E-state index contributed by atoms with van der Waals surface area (Å²) in [6.45, 7) is 8.07. The molecule has 24 heavy (non-hydrogen) atoms. The average Bonchev–Trinajstić information content (AvgIpc) is 2.90. The Morgan fingerprint density at radius 3 is 2.42 bits per heavy atom. The van der Waals surface area contributed by atoms with Gasteiger partial charge in [-0.2, -0.15) is 0 Å². The Bertz CT molecular complexity index is 714. The SMILES string of the molecule is CCOC(=O)c1cc(-c2ccccc2)sc1NC(=O)CC(C)(C)C. The van der Waals surface area contributed by atoms with E-state index in [9.17, 15) is 9.59 Å². The van der Waals surface area contributed by atoms with Crippen LogP contribution >= 0.6 is 11.3 Å². The van der Waals surface area contributed by atoms with Gasteiger partial charge < -0.3 is 10.1 Å². The number of thiophene rings is 1. The lowest BCUT2D eigenvalue weighted by atomic mass is 9.92. The van der Waals surface area contributed by atoms with E-state index in [2.05, 4.69) is 5.32 Å². The lowest BCUT2D eigenvalue weighted by Crippen LogP contribution is -2.20. The van der Waals surface area contributed by atoms with E-state index in [0.717, 1.165) is 10.4 Å². The number of carbonyl (C=O) groups excluding carboxylic acids is 2. The van der Waals surface area contributed by atoms with E-state index in [4.69, 9.17) is 4.74 Å². The highest BCUT2D eigenvalue weighted by Crippen LogP contribution is 2.36. The molecule has 4 nitrogen and oxygen atoms in total. The quantitative estimate of drug-likeness (QED) is 0.779. The van der Waals surface area contributed by atoms with Crippen molar-refractivity contribution in [2.24, 2.45) is 5.41 Å². The molecule has 0 aliphatic carbocycles. The molecule has 2 aromatic rings. The number of esters is 1. The lowest BCUT2D eigenvalue weighted by molar-refractivity contribution is -0.117. The minimum Gasteiger partial charge on any atom is -0.462 e. The van der Waals surface area contributed by atoms with Crippen LogP contribution in [0.5, 0.6) is 0 Å². The lowest BCUT2D eigenvalue weighted by Gasteiger charge is -2.17. The number of hydrogen-bond acceptors (Lipinski definition) is 4. The molecular formula is C19H23NO3S. The van der Waals surface area contributed by atoms with Gasteiger partial charge in [-0.05, 0) is 24.0 Å². The van der Waals surface area contributed by atoms with Crippen molar-refractivity contribution in [1.82, 2.24) is 0 Å². The van der Waals surface area contributed by atoms with E-state index in [1.54, 1.807) is 13.0 Å². The third kappa shape index (κ3) is 4.93. The highest BCUT2D eigenvalue weighted by molar-refractivity contribution is 7.20. The summed E-state index contributed by atoms with van der Waals surface area (Å²) in [6.07, 6.45) is 0.383. The van der Waals surface area contributed by atoms with E-state index in [0.29, 0.717) is 23.6 Å². The zero-order valence-electron chi connectivity index (χ0n) is 14.5. The molecule has 0 unspecified atom stereocenters. The fourth-order valence-electron chi connectivity index (χ4n) is 2.24. The number of anilines is 1. The van der Waals surface area contributed by atoms with Gasteiger partial charge in [-0.25, -0.2) is 4.79 Å². The number of nitrogens with one attached hydrogen (secondary N) is 1. The van der Waals surface area contributed by atoms with Crippen molar-refractivity contribution in [3.63, 3.8) is 0 Å². The molecule has 2 rings (SSSR count). The van der Waals surface area contributed by atoms with Crippen LogP contribution in [0.15, 0.2) is 36.4 Å². The Morgan fingerprint density at radius 1 is 1.17 bits per heavy atom. The van der Waals surface area contributed by atoms with E-state index in [1.165, 1.54) is 11.3 Å². The molecule has 5 heteroatoms. The highest BCUT2D eigenvalue weighted by Gasteiger charge is 2.22. The predicted octanol–water partition coefficient (Wildman–Crippen LogP) is 4.97. The third-order valence-corrected chi connectivity index (χ3v) is 4.33. The molecule has 1 aromatic heterocycles. The molecule has 1 aromatic carbocycles. The smallest absolute Gasteiger partial charge is 0.341 e. The largest absolute Gasteiger partial charge is 0.462 e. The summed E-state index contributed by atoms with van der Waals surface area (Å²) in [5, 5.41) is 3.42. The van der Waals surface area contributed by atoms with E-state index >= 15 is 0 Å². The molecule has 0 aliphatic rings. The molecule has 0 aliphatic heterocycles. The van der Waals surface area contributed by atoms with Gasteiger partial charge in [0.1, 0.15) is 5.00 Å². The Kier molecular flexibility index (Phi) is 5.78. The van der Waals surface area contributed by atoms with E-state index in [1.807, 2.05) is 51.1 Å². The Morgan fingerprint density at radius 2 is 1.83 bits per heavy atom. The van der Waals surface area contributed by atoms with Crippen LogP contribution in [0.4, 0.5) is 5.00 Å². The topological polar surface area (TPSA) is 55.4 Å². The second-order valence-electron chi connectivity index (χ2n) is 6.73. The Balaban J connectivity index is 2.32. The molecule has 0 saturated carbocycles. The maximum Gasteiger partial charge on any atom is 0.341 e. The van der Waals surface area contributed by atoms with Gasteiger partial charge in [-0.1, -0.05) is 51.1 Å². The van der Waals surface area contributed by atoms with E-state index < -0.39 is 5.97 Å². The third-order valence-electron chi connectivity index (χ3n) is 3.23. The number of rotatable bonds is 5. The molecule has 1 amide bonds.